The third-order valence-corrected chi connectivity index (χ3v) is 4.23. The zero-order valence-electron chi connectivity index (χ0n) is 11.6. The number of fused-ring (bicyclic) bond motifs is 2. The summed E-state index contributed by atoms with van der Waals surface area (Å²) >= 11 is 0. The molecule has 0 aromatic heterocycles. The smallest absolute Gasteiger partial charge is 0.131 e. The van der Waals surface area contributed by atoms with E-state index < -0.39 is 0 Å². The lowest BCUT2D eigenvalue weighted by Gasteiger charge is -2.29. The largest absolute Gasteiger partial charge is 0.378 e. The van der Waals surface area contributed by atoms with Crippen molar-refractivity contribution >= 4 is 11.9 Å². The fourth-order valence-corrected chi connectivity index (χ4v) is 3.16. The molecule has 3 aliphatic rings. The highest BCUT2D eigenvalue weighted by atomic mass is 16.5. The van der Waals surface area contributed by atoms with Gasteiger partial charge in [-0.25, -0.2) is 0 Å². The van der Waals surface area contributed by atoms with Gasteiger partial charge in [-0.15, -0.1) is 0 Å². The quantitative estimate of drug-likeness (QED) is 0.720. The number of ether oxygens (including phenoxy) is 1. The number of hydrogen-bond donors (Lipinski definition) is 0. The van der Waals surface area contributed by atoms with Crippen molar-refractivity contribution in [1.82, 2.24) is 4.90 Å². The lowest BCUT2D eigenvalue weighted by atomic mass is 9.90. The lowest BCUT2D eigenvalue weighted by molar-refractivity contribution is 0.0683. The maximum Gasteiger partial charge on any atom is 0.131 e. The molecule has 1 aliphatic carbocycles. The fraction of sp³-hybridized carbons (Fsp3) is 0.353. The number of nitrogens with zero attached hydrogens (tertiary/aromatic N) is 2. The van der Waals surface area contributed by atoms with Gasteiger partial charge >= 0.3 is 0 Å². The van der Waals surface area contributed by atoms with Crippen LogP contribution in [0.4, 0.5) is 0 Å². The molecule has 1 aromatic rings. The normalized spacial score (nSPS) is 20.7. The second-order valence-corrected chi connectivity index (χ2v) is 5.62. The molecule has 1 aromatic carbocycles. The molecule has 0 N–H and O–H groups in total. The van der Waals surface area contributed by atoms with Crippen molar-refractivity contribution in [1.29, 1.82) is 0 Å². The standard InChI is InChI=1S/C17H18N2O/c1-12-2-3-13-10-16-15(9-14(13)8-12)11-18-17(16)19-4-6-20-7-5-19/h2-3,9-10H,1,4-8,11H2. The van der Waals surface area contributed by atoms with Crippen LogP contribution in [0, 0.1) is 0 Å². The van der Waals surface area contributed by atoms with Gasteiger partial charge in [-0.05, 0) is 29.2 Å². The summed E-state index contributed by atoms with van der Waals surface area (Å²) in [4.78, 5) is 7.11. The van der Waals surface area contributed by atoms with Gasteiger partial charge in [0.05, 0.1) is 19.8 Å². The van der Waals surface area contributed by atoms with E-state index in [-0.39, 0.29) is 0 Å². The molecule has 0 unspecified atom stereocenters. The molecule has 0 saturated carbocycles. The third kappa shape index (κ3) is 1.90. The lowest BCUT2D eigenvalue weighted by Crippen LogP contribution is -2.40. The highest BCUT2D eigenvalue weighted by molar-refractivity contribution is 6.02. The van der Waals surface area contributed by atoms with Crippen molar-refractivity contribution in [3.05, 3.63) is 52.6 Å². The van der Waals surface area contributed by atoms with Crippen molar-refractivity contribution in [2.75, 3.05) is 26.3 Å². The van der Waals surface area contributed by atoms with Crippen LogP contribution in [0.3, 0.4) is 0 Å². The Kier molecular flexibility index (Phi) is 2.74. The van der Waals surface area contributed by atoms with Gasteiger partial charge in [-0.3, -0.25) is 4.99 Å². The van der Waals surface area contributed by atoms with Gasteiger partial charge in [-0.1, -0.05) is 30.4 Å². The summed E-state index contributed by atoms with van der Waals surface area (Å²) in [7, 11) is 0. The Morgan fingerprint density at radius 2 is 1.95 bits per heavy atom. The summed E-state index contributed by atoms with van der Waals surface area (Å²) in [5, 5.41) is 0. The summed E-state index contributed by atoms with van der Waals surface area (Å²) in [5.74, 6) is 1.16. The van der Waals surface area contributed by atoms with Crippen LogP contribution < -0.4 is 0 Å². The molecule has 2 aliphatic heterocycles. The van der Waals surface area contributed by atoms with Gasteiger partial charge in [0.15, 0.2) is 0 Å². The van der Waals surface area contributed by atoms with Crippen molar-refractivity contribution < 1.29 is 4.74 Å². The maximum absolute atomic E-state index is 5.43. The molecule has 0 radical (unpaired) electrons. The number of hydrogen-bond acceptors (Lipinski definition) is 3. The van der Waals surface area contributed by atoms with Crippen LogP contribution in [0.1, 0.15) is 22.3 Å². The highest BCUT2D eigenvalue weighted by Gasteiger charge is 2.24. The monoisotopic (exact) mass is 266 g/mol. The van der Waals surface area contributed by atoms with Gasteiger partial charge in [0.1, 0.15) is 5.84 Å². The van der Waals surface area contributed by atoms with Gasteiger partial charge < -0.3 is 9.64 Å². The number of rotatable bonds is 0. The summed E-state index contributed by atoms with van der Waals surface area (Å²) in [6, 6.07) is 4.62. The molecule has 0 bridgehead atoms. The third-order valence-electron chi connectivity index (χ3n) is 4.23. The Labute approximate surface area is 119 Å². The van der Waals surface area contributed by atoms with Crippen LogP contribution in [0.5, 0.6) is 0 Å². The van der Waals surface area contributed by atoms with Crippen molar-refractivity contribution in [2.45, 2.75) is 13.0 Å². The van der Waals surface area contributed by atoms with Crippen LogP contribution in [0.2, 0.25) is 0 Å². The molecular weight excluding hydrogens is 248 g/mol. The first kappa shape index (κ1) is 11.9. The summed E-state index contributed by atoms with van der Waals surface area (Å²) < 4.78 is 5.43. The maximum atomic E-state index is 5.43. The van der Waals surface area contributed by atoms with Crippen molar-refractivity contribution in [3.63, 3.8) is 0 Å². The topological polar surface area (TPSA) is 24.8 Å². The zero-order valence-corrected chi connectivity index (χ0v) is 11.6. The molecule has 1 saturated heterocycles. The first-order valence-electron chi connectivity index (χ1n) is 7.20. The molecule has 1 fully saturated rings. The Bertz CT molecular complexity index is 637. The predicted molar refractivity (Wildman–Crippen MR) is 81.0 cm³/mol. The van der Waals surface area contributed by atoms with Gasteiger partial charge in [0.2, 0.25) is 0 Å². The van der Waals surface area contributed by atoms with Crippen LogP contribution in [-0.4, -0.2) is 37.0 Å². The Morgan fingerprint density at radius 3 is 2.80 bits per heavy atom. The molecule has 3 nitrogen and oxygen atoms in total. The van der Waals surface area contributed by atoms with Crippen LogP contribution in [-0.2, 0) is 17.7 Å². The molecule has 0 spiro atoms. The van der Waals surface area contributed by atoms with E-state index >= 15 is 0 Å². The number of morpholine rings is 1. The summed E-state index contributed by atoms with van der Waals surface area (Å²) in [6.07, 6.45) is 5.26. The minimum Gasteiger partial charge on any atom is -0.378 e. The molecule has 0 amide bonds. The average molecular weight is 266 g/mol. The molecule has 20 heavy (non-hydrogen) atoms. The van der Waals surface area contributed by atoms with E-state index in [1.54, 1.807) is 0 Å². The van der Waals surface area contributed by atoms with Gasteiger partial charge in [0, 0.05) is 18.7 Å². The first-order valence-corrected chi connectivity index (χ1v) is 7.20. The molecule has 3 heteroatoms. The average Bonchev–Trinajstić information content (AvgIpc) is 2.88. The SMILES string of the molecule is C=C1C=Cc2cc3c(cc2C1)CN=C3N1CCOCC1. The fourth-order valence-electron chi connectivity index (χ4n) is 3.16. The van der Waals surface area contributed by atoms with Crippen LogP contribution >= 0.6 is 0 Å². The number of amidine groups is 1. The van der Waals surface area contributed by atoms with E-state index in [2.05, 4.69) is 35.8 Å². The van der Waals surface area contributed by atoms with E-state index in [9.17, 15) is 0 Å². The molecule has 102 valence electrons. The van der Waals surface area contributed by atoms with Crippen LogP contribution in [0.25, 0.3) is 6.08 Å². The second kappa shape index (κ2) is 4.60. The summed E-state index contributed by atoms with van der Waals surface area (Å²) in [5.41, 5.74) is 6.55. The van der Waals surface area contributed by atoms with E-state index in [0.717, 1.165) is 45.1 Å². The Hall–Kier alpha value is -1.87. The summed E-state index contributed by atoms with van der Waals surface area (Å²) in [6.45, 7) is 8.37. The number of aliphatic imine (C=N–C) groups is 1. The van der Waals surface area contributed by atoms with E-state index in [1.807, 2.05) is 0 Å². The Balaban J connectivity index is 1.71. The molecule has 0 atom stereocenters. The van der Waals surface area contributed by atoms with Gasteiger partial charge in [0.25, 0.3) is 0 Å². The first-order chi connectivity index (χ1) is 9.81. The molecule has 2 heterocycles. The number of allylic oxidation sites excluding steroid dienone is 2. The van der Waals surface area contributed by atoms with Crippen molar-refractivity contribution in [2.24, 2.45) is 4.99 Å². The zero-order chi connectivity index (χ0) is 13.5. The minimum absolute atomic E-state index is 0.805. The molecule has 4 rings (SSSR count). The highest BCUT2D eigenvalue weighted by Crippen LogP contribution is 2.29. The van der Waals surface area contributed by atoms with E-state index in [0.29, 0.717) is 0 Å². The van der Waals surface area contributed by atoms with Crippen molar-refractivity contribution in [3.8, 4) is 0 Å². The van der Waals surface area contributed by atoms with E-state index in [4.69, 9.17) is 9.73 Å². The molecular formula is C17H18N2O. The number of benzene rings is 1. The second-order valence-electron chi connectivity index (χ2n) is 5.62. The Morgan fingerprint density at radius 1 is 1.10 bits per heavy atom. The predicted octanol–water partition coefficient (Wildman–Crippen LogP) is 2.40. The minimum atomic E-state index is 0.805. The van der Waals surface area contributed by atoms with Gasteiger partial charge in [-0.2, -0.15) is 0 Å². The van der Waals surface area contributed by atoms with Crippen LogP contribution in [0.15, 0.2) is 35.4 Å². The van der Waals surface area contributed by atoms with E-state index in [1.165, 1.54) is 27.8 Å².